The monoisotopic (exact) mass is 249 g/mol. The lowest BCUT2D eigenvalue weighted by atomic mass is 10.0. The average Bonchev–Trinajstić information content (AvgIpc) is 2.12. The number of phenolic OH excluding ortho intramolecular Hbond substituents is 1. The van der Waals surface area contributed by atoms with Crippen LogP contribution in [-0.4, -0.2) is 5.11 Å². The SMILES string of the molecule is C=CCC[C@@H](N)c1c(O)cc(F)cc1F.Cl. The van der Waals surface area contributed by atoms with Gasteiger partial charge in [-0.25, -0.2) is 8.78 Å². The average molecular weight is 250 g/mol. The van der Waals surface area contributed by atoms with E-state index in [2.05, 4.69) is 6.58 Å². The molecule has 16 heavy (non-hydrogen) atoms. The van der Waals surface area contributed by atoms with Gasteiger partial charge in [0.2, 0.25) is 0 Å². The van der Waals surface area contributed by atoms with Crippen LogP contribution >= 0.6 is 12.4 Å². The van der Waals surface area contributed by atoms with Gasteiger partial charge in [-0.2, -0.15) is 0 Å². The van der Waals surface area contributed by atoms with Crippen molar-refractivity contribution >= 4 is 12.4 Å². The predicted molar refractivity (Wildman–Crippen MR) is 61.6 cm³/mol. The molecule has 90 valence electrons. The first kappa shape index (κ1) is 14.9. The third kappa shape index (κ3) is 3.47. The van der Waals surface area contributed by atoms with Crippen LogP contribution in [-0.2, 0) is 0 Å². The standard InChI is InChI=1S/C11H13F2NO.ClH/c1-2-3-4-9(14)11-8(13)5-7(12)6-10(11)15;/h2,5-6,9,15H,1,3-4,14H2;1H/t9-;/m1./s1. The van der Waals surface area contributed by atoms with Gasteiger partial charge in [0.1, 0.15) is 17.4 Å². The van der Waals surface area contributed by atoms with Crippen LogP contribution in [0.2, 0.25) is 0 Å². The minimum absolute atomic E-state index is 0. The molecule has 0 radical (unpaired) electrons. The van der Waals surface area contributed by atoms with Crippen LogP contribution in [0.25, 0.3) is 0 Å². The largest absolute Gasteiger partial charge is 0.507 e. The fraction of sp³-hybridized carbons (Fsp3) is 0.273. The summed E-state index contributed by atoms with van der Waals surface area (Å²) < 4.78 is 25.9. The quantitative estimate of drug-likeness (QED) is 0.806. The van der Waals surface area contributed by atoms with E-state index in [0.29, 0.717) is 18.9 Å². The molecule has 0 saturated carbocycles. The fourth-order valence-electron chi connectivity index (χ4n) is 1.38. The Balaban J connectivity index is 0.00000225. The van der Waals surface area contributed by atoms with E-state index in [0.717, 1.165) is 6.07 Å². The second-order valence-corrected chi connectivity index (χ2v) is 3.29. The molecular weight excluding hydrogens is 236 g/mol. The summed E-state index contributed by atoms with van der Waals surface area (Å²) in [4.78, 5) is 0. The van der Waals surface area contributed by atoms with Gasteiger partial charge in [-0.1, -0.05) is 6.08 Å². The minimum Gasteiger partial charge on any atom is -0.507 e. The van der Waals surface area contributed by atoms with Crippen molar-refractivity contribution < 1.29 is 13.9 Å². The van der Waals surface area contributed by atoms with Gasteiger partial charge in [0.15, 0.2) is 0 Å². The first-order valence-corrected chi connectivity index (χ1v) is 4.60. The lowest BCUT2D eigenvalue weighted by Crippen LogP contribution is -2.12. The molecule has 2 nitrogen and oxygen atoms in total. The van der Waals surface area contributed by atoms with E-state index in [4.69, 9.17) is 5.73 Å². The predicted octanol–water partition coefficient (Wildman–Crippen LogP) is 3.06. The van der Waals surface area contributed by atoms with Crippen molar-refractivity contribution in [2.75, 3.05) is 0 Å². The Bertz CT molecular complexity index is 348. The molecule has 1 aromatic carbocycles. The zero-order valence-electron chi connectivity index (χ0n) is 8.62. The first-order chi connectivity index (χ1) is 7.06. The third-order valence-corrected chi connectivity index (χ3v) is 2.13. The number of phenols is 1. The van der Waals surface area contributed by atoms with Crippen molar-refractivity contribution in [3.05, 3.63) is 42.0 Å². The van der Waals surface area contributed by atoms with E-state index in [1.807, 2.05) is 0 Å². The molecule has 3 N–H and O–H groups in total. The van der Waals surface area contributed by atoms with Crippen LogP contribution in [0, 0.1) is 11.6 Å². The van der Waals surface area contributed by atoms with Crippen molar-refractivity contribution in [1.82, 2.24) is 0 Å². The molecule has 0 unspecified atom stereocenters. The molecule has 0 aromatic heterocycles. The molecule has 0 aliphatic heterocycles. The Kier molecular flexibility index (Phi) is 6.00. The maximum Gasteiger partial charge on any atom is 0.134 e. The zero-order chi connectivity index (χ0) is 11.4. The van der Waals surface area contributed by atoms with Crippen LogP contribution in [0.1, 0.15) is 24.4 Å². The molecule has 0 heterocycles. The molecule has 0 aliphatic carbocycles. The number of benzene rings is 1. The first-order valence-electron chi connectivity index (χ1n) is 4.60. The van der Waals surface area contributed by atoms with E-state index in [9.17, 15) is 13.9 Å². The maximum absolute atomic E-state index is 13.3. The van der Waals surface area contributed by atoms with Crippen LogP contribution < -0.4 is 5.73 Å². The van der Waals surface area contributed by atoms with Crippen molar-refractivity contribution in [3.8, 4) is 5.75 Å². The number of nitrogens with two attached hydrogens (primary N) is 1. The molecule has 0 bridgehead atoms. The number of hydrogen-bond acceptors (Lipinski definition) is 2. The molecule has 0 fully saturated rings. The molecular formula is C11H14ClF2NO. The van der Waals surface area contributed by atoms with Gasteiger partial charge in [-0.15, -0.1) is 19.0 Å². The molecule has 0 amide bonds. The van der Waals surface area contributed by atoms with Gasteiger partial charge in [0, 0.05) is 23.7 Å². The number of allylic oxidation sites excluding steroid dienone is 1. The second-order valence-electron chi connectivity index (χ2n) is 3.29. The van der Waals surface area contributed by atoms with Crippen LogP contribution in [0.3, 0.4) is 0 Å². The number of rotatable bonds is 4. The molecule has 0 saturated heterocycles. The summed E-state index contributed by atoms with van der Waals surface area (Å²) in [5.41, 5.74) is 5.62. The molecule has 5 heteroatoms. The highest BCUT2D eigenvalue weighted by molar-refractivity contribution is 5.85. The van der Waals surface area contributed by atoms with Gasteiger partial charge in [0.05, 0.1) is 0 Å². The summed E-state index contributed by atoms with van der Waals surface area (Å²) in [7, 11) is 0. The van der Waals surface area contributed by atoms with Gasteiger partial charge in [-0.3, -0.25) is 0 Å². The summed E-state index contributed by atoms with van der Waals surface area (Å²) in [6, 6.07) is 0.915. The van der Waals surface area contributed by atoms with E-state index < -0.39 is 23.4 Å². The second kappa shape index (κ2) is 6.45. The maximum atomic E-state index is 13.3. The summed E-state index contributed by atoms with van der Waals surface area (Å²) in [5, 5.41) is 9.36. The molecule has 1 atom stereocenters. The van der Waals surface area contributed by atoms with E-state index in [1.165, 1.54) is 0 Å². The minimum atomic E-state index is -0.816. The Hall–Kier alpha value is -1.13. The Morgan fingerprint density at radius 2 is 2.06 bits per heavy atom. The van der Waals surface area contributed by atoms with Crippen molar-refractivity contribution in [2.24, 2.45) is 5.73 Å². The Labute approximate surface area is 99.2 Å². The smallest absolute Gasteiger partial charge is 0.134 e. The van der Waals surface area contributed by atoms with E-state index in [-0.39, 0.29) is 18.0 Å². The topological polar surface area (TPSA) is 46.2 Å². The van der Waals surface area contributed by atoms with Crippen molar-refractivity contribution in [1.29, 1.82) is 0 Å². The lowest BCUT2D eigenvalue weighted by molar-refractivity contribution is 0.437. The Morgan fingerprint density at radius 3 is 2.56 bits per heavy atom. The van der Waals surface area contributed by atoms with Crippen LogP contribution in [0.5, 0.6) is 5.75 Å². The summed E-state index contributed by atoms with van der Waals surface area (Å²) in [6.07, 6.45) is 2.72. The normalized spacial score (nSPS) is 11.7. The summed E-state index contributed by atoms with van der Waals surface area (Å²) in [5.74, 6) is -2.07. The number of aromatic hydroxyl groups is 1. The molecule has 0 spiro atoms. The van der Waals surface area contributed by atoms with Crippen LogP contribution in [0.15, 0.2) is 24.8 Å². The highest BCUT2D eigenvalue weighted by Gasteiger charge is 2.16. The van der Waals surface area contributed by atoms with Crippen molar-refractivity contribution in [3.63, 3.8) is 0 Å². The zero-order valence-corrected chi connectivity index (χ0v) is 9.44. The van der Waals surface area contributed by atoms with E-state index >= 15 is 0 Å². The van der Waals surface area contributed by atoms with Gasteiger partial charge >= 0.3 is 0 Å². The number of halogens is 3. The fourth-order valence-corrected chi connectivity index (χ4v) is 1.38. The molecule has 1 aromatic rings. The highest BCUT2D eigenvalue weighted by Crippen LogP contribution is 2.29. The summed E-state index contributed by atoms with van der Waals surface area (Å²) >= 11 is 0. The highest BCUT2D eigenvalue weighted by atomic mass is 35.5. The molecule has 0 aliphatic rings. The third-order valence-electron chi connectivity index (χ3n) is 2.13. The van der Waals surface area contributed by atoms with Crippen LogP contribution in [0.4, 0.5) is 8.78 Å². The summed E-state index contributed by atoms with van der Waals surface area (Å²) in [6.45, 7) is 3.51. The van der Waals surface area contributed by atoms with Gasteiger partial charge in [0.25, 0.3) is 0 Å². The number of hydrogen-bond donors (Lipinski definition) is 2. The van der Waals surface area contributed by atoms with Crippen molar-refractivity contribution in [2.45, 2.75) is 18.9 Å². The molecule has 1 rings (SSSR count). The van der Waals surface area contributed by atoms with E-state index in [1.54, 1.807) is 6.08 Å². The van der Waals surface area contributed by atoms with Gasteiger partial charge < -0.3 is 10.8 Å². The van der Waals surface area contributed by atoms with Gasteiger partial charge in [-0.05, 0) is 12.8 Å². The Morgan fingerprint density at radius 1 is 1.44 bits per heavy atom. The lowest BCUT2D eigenvalue weighted by Gasteiger charge is -2.13.